The Labute approximate surface area is 103 Å². The first-order valence-corrected chi connectivity index (χ1v) is 5.19. The quantitative estimate of drug-likeness (QED) is 0.905. The number of hydrogen-bond acceptors (Lipinski definition) is 3. The maximum atomic E-state index is 13.1. The normalized spacial score (nSPS) is 10.1. The Morgan fingerprint density at radius 2 is 2.17 bits per heavy atom. The van der Waals surface area contributed by atoms with Crippen LogP contribution in [-0.2, 0) is 0 Å². The van der Waals surface area contributed by atoms with E-state index in [-0.39, 0.29) is 17.1 Å². The van der Waals surface area contributed by atoms with E-state index < -0.39 is 5.97 Å². The molecule has 0 unspecified atom stereocenters. The number of hydrogen-bond donors (Lipinski definition) is 1. The van der Waals surface area contributed by atoms with E-state index >= 15 is 0 Å². The van der Waals surface area contributed by atoms with Crippen molar-refractivity contribution in [3.63, 3.8) is 0 Å². The number of carbonyl (C=O) groups is 1. The Morgan fingerprint density at radius 3 is 2.83 bits per heavy atom. The van der Waals surface area contributed by atoms with Gasteiger partial charge in [0.1, 0.15) is 17.1 Å². The van der Waals surface area contributed by atoms with Crippen LogP contribution in [0.5, 0.6) is 11.5 Å². The zero-order chi connectivity index (χ0) is 13.1. The minimum absolute atomic E-state index is 0.00646. The fraction of sp³-hybridized carbons (Fsp3) is 0.0769. The first kappa shape index (κ1) is 12.0. The highest BCUT2D eigenvalue weighted by Crippen LogP contribution is 2.25. The molecular formula is C13H10FNO3. The molecule has 0 atom stereocenters. The van der Waals surface area contributed by atoms with Gasteiger partial charge in [-0.15, -0.1) is 0 Å². The number of halogens is 1. The third-order valence-corrected chi connectivity index (χ3v) is 2.37. The molecule has 4 nitrogen and oxygen atoms in total. The molecule has 0 radical (unpaired) electrons. The third kappa shape index (κ3) is 2.45. The number of aromatic nitrogens is 1. The lowest BCUT2D eigenvalue weighted by Crippen LogP contribution is -2.00. The standard InChI is InChI=1S/C13H10FNO3/c1-8-6-9(2-3-11(8)14)18-12-7-15-5-4-10(12)13(16)17/h2-7H,1H3,(H,16,17). The molecule has 1 heterocycles. The van der Waals surface area contributed by atoms with Gasteiger partial charge >= 0.3 is 5.97 Å². The third-order valence-electron chi connectivity index (χ3n) is 2.37. The van der Waals surface area contributed by atoms with E-state index in [9.17, 15) is 9.18 Å². The summed E-state index contributed by atoms with van der Waals surface area (Å²) in [6, 6.07) is 5.53. The molecule has 2 aromatic rings. The Hall–Kier alpha value is -2.43. The Morgan fingerprint density at radius 1 is 1.39 bits per heavy atom. The van der Waals surface area contributed by atoms with Gasteiger partial charge in [0.25, 0.3) is 0 Å². The number of rotatable bonds is 3. The average Bonchev–Trinajstić information content (AvgIpc) is 2.34. The zero-order valence-electron chi connectivity index (χ0n) is 9.55. The van der Waals surface area contributed by atoms with Crippen LogP contribution < -0.4 is 4.74 Å². The van der Waals surface area contributed by atoms with Crippen molar-refractivity contribution in [1.82, 2.24) is 4.98 Å². The molecule has 0 aliphatic rings. The van der Waals surface area contributed by atoms with Crippen LogP contribution in [0.15, 0.2) is 36.7 Å². The summed E-state index contributed by atoms with van der Waals surface area (Å²) in [5.74, 6) is -0.960. The van der Waals surface area contributed by atoms with Crippen LogP contribution in [-0.4, -0.2) is 16.1 Å². The highest BCUT2D eigenvalue weighted by Gasteiger charge is 2.12. The van der Waals surface area contributed by atoms with Crippen LogP contribution in [0.3, 0.4) is 0 Å². The topological polar surface area (TPSA) is 59.4 Å². The van der Waals surface area contributed by atoms with Gasteiger partial charge in [-0.05, 0) is 36.8 Å². The predicted octanol–water partition coefficient (Wildman–Crippen LogP) is 3.02. The number of pyridine rings is 1. The van der Waals surface area contributed by atoms with Gasteiger partial charge in [-0.25, -0.2) is 9.18 Å². The van der Waals surface area contributed by atoms with Crippen molar-refractivity contribution < 1.29 is 19.0 Å². The van der Waals surface area contributed by atoms with Gasteiger partial charge in [0.2, 0.25) is 0 Å². The summed E-state index contributed by atoms with van der Waals surface area (Å²) >= 11 is 0. The van der Waals surface area contributed by atoms with Gasteiger partial charge in [-0.2, -0.15) is 0 Å². The summed E-state index contributed by atoms with van der Waals surface area (Å²) in [7, 11) is 0. The predicted molar refractivity (Wildman–Crippen MR) is 62.4 cm³/mol. The highest BCUT2D eigenvalue weighted by atomic mass is 19.1. The molecule has 1 aromatic carbocycles. The van der Waals surface area contributed by atoms with E-state index in [4.69, 9.17) is 9.84 Å². The van der Waals surface area contributed by atoms with Gasteiger partial charge in [-0.3, -0.25) is 4.98 Å². The van der Waals surface area contributed by atoms with Crippen LogP contribution in [0.2, 0.25) is 0 Å². The second kappa shape index (κ2) is 4.83. The second-order valence-corrected chi connectivity index (χ2v) is 3.69. The number of carboxylic acids is 1. The summed E-state index contributed by atoms with van der Waals surface area (Å²) < 4.78 is 18.5. The van der Waals surface area contributed by atoms with Crippen molar-refractivity contribution in [2.75, 3.05) is 0 Å². The molecule has 0 bridgehead atoms. The molecule has 0 spiro atoms. The molecule has 0 fully saturated rings. The summed E-state index contributed by atoms with van der Waals surface area (Å²) in [5.41, 5.74) is 0.431. The smallest absolute Gasteiger partial charge is 0.339 e. The number of benzene rings is 1. The summed E-state index contributed by atoms with van der Waals surface area (Å²) in [4.78, 5) is 14.8. The molecule has 1 aromatic heterocycles. The van der Waals surface area contributed by atoms with Crippen LogP contribution in [0.4, 0.5) is 4.39 Å². The molecule has 0 amide bonds. The Bertz CT molecular complexity index is 599. The Kier molecular flexibility index (Phi) is 3.23. The fourth-order valence-corrected chi connectivity index (χ4v) is 1.45. The van der Waals surface area contributed by atoms with Crippen LogP contribution in [0.25, 0.3) is 0 Å². The first-order chi connectivity index (χ1) is 8.58. The van der Waals surface area contributed by atoms with Gasteiger partial charge in [0.15, 0.2) is 5.75 Å². The van der Waals surface area contributed by atoms with Gasteiger partial charge < -0.3 is 9.84 Å². The SMILES string of the molecule is Cc1cc(Oc2cnccc2C(=O)O)ccc1F. The lowest BCUT2D eigenvalue weighted by Gasteiger charge is -2.08. The minimum Gasteiger partial charge on any atom is -0.478 e. The molecule has 92 valence electrons. The van der Waals surface area contributed by atoms with Crippen molar-refractivity contribution in [1.29, 1.82) is 0 Å². The number of aryl methyl sites for hydroxylation is 1. The number of ether oxygens (including phenoxy) is 1. The number of nitrogens with zero attached hydrogens (tertiary/aromatic N) is 1. The van der Waals surface area contributed by atoms with Crippen molar-refractivity contribution in [3.8, 4) is 11.5 Å². The van der Waals surface area contributed by atoms with E-state index in [1.165, 1.54) is 36.7 Å². The zero-order valence-corrected chi connectivity index (χ0v) is 9.55. The maximum Gasteiger partial charge on any atom is 0.339 e. The van der Waals surface area contributed by atoms with Crippen molar-refractivity contribution in [2.45, 2.75) is 6.92 Å². The van der Waals surface area contributed by atoms with Crippen molar-refractivity contribution in [2.24, 2.45) is 0 Å². The molecule has 18 heavy (non-hydrogen) atoms. The lowest BCUT2D eigenvalue weighted by atomic mass is 10.2. The fourth-order valence-electron chi connectivity index (χ4n) is 1.45. The van der Waals surface area contributed by atoms with E-state index in [0.717, 1.165) is 0 Å². The molecule has 0 aliphatic carbocycles. The monoisotopic (exact) mass is 247 g/mol. The van der Waals surface area contributed by atoms with Crippen LogP contribution >= 0.6 is 0 Å². The maximum absolute atomic E-state index is 13.1. The van der Waals surface area contributed by atoms with Crippen molar-refractivity contribution in [3.05, 3.63) is 53.6 Å². The van der Waals surface area contributed by atoms with Crippen molar-refractivity contribution >= 4 is 5.97 Å². The van der Waals surface area contributed by atoms with Gasteiger partial charge in [-0.1, -0.05) is 0 Å². The molecular weight excluding hydrogens is 237 g/mol. The molecule has 1 N–H and O–H groups in total. The Balaban J connectivity index is 2.34. The van der Waals surface area contributed by atoms with Crippen LogP contribution in [0, 0.1) is 12.7 Å². The summed E-state index contributed by atoms with van der Waals surface area (Å²) in [6.07, 6.45) is 2.67. The lowest BCUT2D eigenvalue weighted by molar-refractivity contribution is 0.0694. The highest BCUT2D eigenvalue weighted by molar-refractivity contribution is 5.90. The molecule has 2 rings (SSSR count). The molecule has 0 saturated heterocycles. The average molecular weight is 247 g/mol. The van der Waals surface area contributed by atoms with E-state index in [1.54, 1.807) is 6.92 Å². The van der Waals surface area contributed by atoms with Gasteiger partial charge in [0.05, 0.1) is 6.20 Å². The minimum atomic E-state index is -1.11. The van der Waals surface area contributed by atoms with E-state index in [0.29, 0.717) is 11.3 Å². The van der Waals surface area contributed by atoms with Gasteiger partial charge in [0, 0.05) is 6.20 Å². The largest absolute Gasteiger partial charge is 0.478 e. The molecule has 0 aliphatic heterocycles. The van der Waals surface area contributed by atoms with E-state index in [1.807, 2.05) is 0 Å². The molecule has 5 heteroatoms. The number of carboxylic acid groups (broad SMARTS) is 1. The second-order valence-electron chi connectivity index (χ2n) is 3.69. The molecule has 0 saturated carbocycles. The van der Waals surface area contributed by atoms with Crippen LogP contribution in [0.1, 0.15) is 15.9 Å². The first-order valence-electron chi connectivity index (χ1n) is 5.19. The summed E-state index contributed by atoms with van der Waals surface area (Å²) in [6.45, 7) is 1.60. The number of aromatic carboxylic acids is 1. The van der Waals surface area contributed by atoms with E-state index in [2.05, 4.69) is 4.98 Å². The summed E-state index contributed by atoms with van der Waals surface area (Å²) in [5, 5.41) is 8.97.